The van der Waals surface area contributed by atoms with E-state index in [0.29, 0.717) is 6.07 Å². The number of alkyl halides is 3. The lowest BCUT2D eigenvalue weighted by Gasteiger charge is -2.08. The monoisotopic (exact) mass is 231 g/mol. The van der Waals surface area contributed by atoms with E-state index in [0.717, 1.165) is 12.8 Å². The smallest absolute Gasteiger partial charge is 0.433 e. The van der Waals surface area contributed by atoms with Gasteiger partial charge in [-0.15, -0.1) is 0 Å². The molecule has 86 valence electrons. The van der Waals surface area contributed by atoms with Crippen LogP contribution in [0.4, 0.5) is 13.2 Å². The summed E-state index contributed by atoms with van der Waals surface area (Å²) >= 11 is 0. The first-order valence-corrected chi connectivity index (χ1v) is 4.70. The maximum Gasteiger partial charge on any atom is 0.433 e. The third kappa shape index (κ3) is 2.15. The Labute approximate surface area is 88.9 Å². The summed E-state index contributed by atoms with van der Waals surface area (Å²) in [7, 11) is 0. The van der Waals surface area contributed by atoms with Gasteiger partial charge in [-0.2, -0.15) is 13.2 Å². The maximum absolute atomic E-state index is 12.4. The zero-order valence-electron chi connectivity index (χ0n) is 8.08. The Morgan fingerprint density at radius 2 is 2.00 bits per heavy atom. The molecule has 1 aromatic rings. The molecular formula is C10H8F3NO2. The molecule has 1 heterocycles. The van der Waals surface area contributed by atoms with Gasteiger partial charge in [0.2, 0.25) is 0 Å². The van der Waals surface area contributed by atoms with Crippen molar-refractivity contribution < 1.29 is 23.1 Å². The number of aromatic nitrogens is 1. The number of carboxylic acids is 1. The second-order valence-electron chi connectivity index (χ2n) is 3.74. The van der Waals surface area contributed by atoms with E-state index in [1.165, 1.54) is 6.07 Å². The van der Waals surface area contributed by atoms with Crippen molar-refractivity contribution in [3.05, 3.63) is 29.1 Å². The number of carbonyl (C=O) groups is 1. The molecule has 3 nitrogen and oxygen atoms in total. The Morgan fingerprint density at radius 3 is 2.44 bits per heavy atom. The second kappa shape index (κ2) is 3.47. The Hall–Kier alpha value is -1.59. The molecule has 0 aromatic carbocycles. The molecule has 1 N–H and O–H groups in total. The average Bonchev–Trinajstić information content (AvgIpc) is 2.98. The Balaban J connectivity index is 2.48. The number of hydrogen-bond acceptors (Lipinski definition) is 2. The molecule has 0 amide bonds. The summed E-state index contributed by atoms with van der Waals surface area (Å²) < 4.78 is 37.3. The summed E-state index contributed by atoms with van der Waals surface area (Å²) in [5.74, 6) is -1.38. The van der Waals surface area contributed by atoms with Crippen molar-refractivity contribution in [2.45, 2.75) is 24.9 Å². The van der Waals surface area contributed by atoms with Gasteiger partial charge in [-0.3, -0.25) is 0 Å². The van der Waals surface area contributed by atoms with Crippen LogP contribution in [0.1, 0.15) is 40.5 Å². The third-order valence-corrected chi connectivity index (χ3v) is 2.38. The topological polar surface area (TPSA) is 50.2 Å². The molecule has 1 aliphatic carbocycles. The maximum atomic E-state index is 12.4. The molecule has 2 rings (SSSR count). The number of carboxylic acid groups (broad SMARTS) is 1. The van der Waals surface area contributed by atoms with E-state index >= 15 is 0 Å². The number of nitrogens with zero attached hydrogens (tertiary/aromatic N) is 1. The molecule has 16 heavy (non-hydrogen) atoms. The van der Waals surface area contributed by atoms with Gasteiger partial charge in [0, 0.05) is 11.6 Å². The van der Waals surface area contributed by atoms with Gasteiger partial charge < -0.3 is 5.11 Å². The molecule has 0 atom stereocenters. The summed E-state index contributed by atoms with van der Waals surface area (Å²) in [6.45, 7) is 0. The number of rotatable bonds is 2. The molecule has 0 bridgehead atoms. The predicted octanol–water partition coefficient (Wildman–Crippen LogP) is 2.68. The van der Waals surface area contributed by atoms with Gasteiger partial charge in [-0.25, -0.2) is 9.78 Å². The van der Waals surface area contributed by atoms with Crippen LogP contribution < -0.4 is 0 Å². The number of halogens is 3. The van der Waals surface area contributed by atoms with Crippen LogP contribution in [0.15, 0.2) is 12.1 Å². The van der Waals surface area contributed by atoms with E-state index in [9.17, 15) is 18.0 Å². The lowest BCUT2D eigenvalue weighted by atomic mass is 10.1. The minimum absolute atomic E-state index is 0.0135. The molecule has 0 unspecified atom stereocenters. The summed E-state index contributed by atoms with van der Waals surface area (Å²) in [6.07, 6.45) is -3.06. The molecule has 1 fully saturated rings. The zero-order chi connectivity index (χ0) is 11.9. The van der Waals surface area contributed by atoms with Crippen molar-refractivity contribution in [3.8, 4) is 0 Å². The molecule has 6 heteroatoms. The van der Waals surface area contributed by atoms with Crippen LogP contribution in [0.5, 0.6) is 0 Å². The normalized spacial score (nSPS) is 16.2. The molecule has 0 saturated heterocycles. The second-order valence-corrected chi connectivity index (χ2v) is 3.74. The van der Waals surface area contributed by atoms with Gasteiger partial charge in [0.15, 0.2) is 0 Å². The Kier molecular flexibility index (Phi) is 2.36. The molecule has 1 saturated carbocycles. The van der Waals surface area contributed by atoms with E-state index in [-0.39, 0.29) is 17.2 Å². The van der Waals surface area contributed by atoms with Crippen LogP contribution in [0.3, 0.4) is 0 Å². The van der Waals surface area contributed by atoms with Crippen molar-refractivity contribution in [1.29, 1.82) is 0 Å². The Bertz CT molecular complexity index is 438. The van der Waals surface area contributed by atoms with E-state index < -0.39 is 17.8 Å². The minimum Gasteiger partial charge on any atom is -0.478 e. The van der Waals surface area contributed by atoms with Crippen molar-refractivity contribution in [2.75, 3.05) is 0 Å². The van der Waals surface area contributed by atoms with Gasteiger partial charge in [0.25, 0.3) is 0 Å². The van der Waals surface area contributed by atoms with Crippen molar-refractivity contribution in [2.24, 2.45) is 0 Å². The fourth-order valence-electron chi connectivity index (χ4n) is 1.41. The predicted molar refractivity (Wildman–Crippen MR) is 48.2 cm³/mol. The highest BCUT2D eigenvalue weighted by atomic mass is 19.4. The lowest BCUT2D eigenvalue weighted by Crippen LogP contribution is -2.12. The number of hydrogen-bond donors (Lipinski definition) is 1. The third-order valence-electron chi connectivity index (χ3n) is 2.38. The van der Waals surface area contributed by atoms with Crippen LogP contribution in [-0.4, -0.2) is 16.1 Å². The van der Waals surface area contributed by atoms with E-state index in [1.54, 1.807) is 0 Å². The highest BCUT2D eigenvalue weighted by Crippen LogP contribution is 2.40. The zero-order valence-corrected chi connectivity index (χ0v) is 8.08. The van der Waals surface area contributed by atoms with E-state index in [1.807, 2.05) is 0 Å². The Morgan fingerprint density at radius 1 is 1.38 bits per heavy atom. The summed E-state index contributed by atoms with van der Waals surface area (Å²) in [5, 5.41) is 8.71. The minimum atomic E-state index is -4.60. The van der Waals surface area contributed by atoms with Gasteiger partial charge >= 0.3 is 12.1 Å². The highest BCUT2D eigenvalue weighted by molar-refractivity contribution is 5.87. The van der Waals surface area contributed by atoms with Gasteiger partial charge in [-0.1, -0.05) is 0 Å². The molecule has 0 radical (unpaired) electrons. The van der Waals surface area contributed by atoms with Gasteiger partial charge in [-0.05, 0) is 25.0 Å². The number of pyridine rings is 1. The fraction of sp³-hybridized carbons (Fsp3) is 0.400. The van der Waals surface area contributed by atoms with Crippen LogP contribution in [0.2, 0.25) is 0 Å². The number of aromatic carboxylic acids is 1. The van der Waals surface area contributed by atoms with Crippen molar-refractivity contribution >= 4 is 5.97 Å². The standard InChI is InChI=1S/C10H8F3NO2/c11-10(12,13)8-4-6(9(15)16)3-7(14-8)5-1-2-5/h3-5H,1-2H2,(H,15,16). The first-order chi connectivity index (χ1) is 7.38. The first kappa shape index (κ1) is 10.9. The van der Waals surface area contributed by atoms with Crippen LogP contribution in [0, 0.1) is 0 Å². The van der Waals surface area contributed by atoms with Crippen LogP contribution in [0.25, 0.3) is 0 Å². The average molecular weight is 231 g/mol. The van der Waals surface area contributed by atoms with Crippen molar-refractivity contribution in [3.63, 3.8) is 0 Å². The van der Waals surface area contributed by atoms with Crippen LogP contribution >= 0.6 is 0 Å². The van der Waals surface area contributed by atoms with E-state index in [4.69, 9.17) is 5.11 Å². The van der Waals surface area contributed by atoms with Gasteiger partial charge in [0.05, 0.1) is 5.56 Å². The quantitative estimate of drug-likeness (QED) is 0.851. The molecule has 0 spiro atoms. The molecule has 0 aliphatic heterocycles. The fourth-order valence-corrected chi connectivity index (χ4v) is 1.41. The molecular weight excluding hydrogens is 223 g/mol. The first-order valence-electron chi connectivity index (χ1n) is 4.70. The highest BCUT2D eigenvalue weighted by Gasteiger charge is 2.35. The van der Waals surface area contributed by atoms with Crippen molar-refractivity contribution in [1.82, 2.24) is 4.98 Å². The molecule has 1 aromatic heterocycles. The van der Waals surface area contributed by atoms with Gasteiger partial charge in [0.1, 0.15) is 5.69 Å². The largest absolute Gasteiger partial charge is 0.478 e. The summed E-state index contributed by atoms with van der Waals surface area (Å²) in [4.78, 5) is 14.1. The van der Waals surface area contributed by atoms with Crippen LogP contribution in [-0.2, 0) is 6.18 Å². The SMILES string of the molecule is O=C(O)c1cc(C2CC2)nc(C(F)(F)F)c1. The lowest BCUT2D eigenvalue weighted by molar-refractivity contribution is -0.141. The van der Waals surface area contributed by atoms with E-state index in [2.05, 4.69) is 4.98 Å². The molecule has 1 aliphatic rings. The summed E-state index contributed by atoms with van der Waals surface area (Å²) in [6, 6.07) is 1.78. The summed E-state index contributed by atoms with van der Waals surface area (Å²) in [5.41, 5.74) is -1.26.